The van der Waals surface area contributed by atoms with Gasteiger partial charge in [-0.15, -0.1) is 21.9 Å². The van der Waals surface area contributed by atoms with Gasteiger partial charge in [0.05, 0.1) is 19.8 Å². The summed E-state index contributed by atoms with van der Waals surface area (Å²) in [6.45, 7) is 11.0. The van der Waals surface area contributed by atoms with Crippen LogP contribution in [-0.2, 0) is 25.1 Å². The van der Waals surface area contributed by atoms with Crippen LogP contribution in [0.4, 0.5) is 87.8 Å². The van der Waals surface area contributed by atoms with Crippen molar-refractivity contribution < 1.29 is 116 Å². The number of benzene rings is 7. The summed E-state index contributed by atoms with van der Waals surface area (Å²) in [6, 6.07) is 24.5. The van der Waals surface area contributed by atoms with E-state index in [2.05, 4.69) is 18.2 Å². The van der Waals surface area contributed by atoms with Crippen LogP contribution in [0.3, 0.4) is 0 Å². The largest absolute Gasteiger partial charge is 0.486 e. The highest BCUT2D eigenvalue weighted by Crippen LogP contribution is 2.44. The Labute approximate surface area is 455 Å². The fourth-order valence-electron chi connectivity index (χ4n) is 8.51. The molecule has 28 heteroatoms. The van der Waals surface area contributed by atoms with E-state index < -0.39 is 155 Å². The van der Waals surface area contributed by atoms with Crippen molar-refractivity contribution in [3.05, 3.63) is 189 Å². The maximum absolute atomic E-state index is 15.4. The van der Waals surface area contributed by atoms with Crippen molar-refractivity contribution in [2.45, 2.75) is 35.5 Å². The van der Waals surface area contributed by atoms with Crippen molar-refractivity contribution in [3.8, 4) is 17.2 Å². The van der Waals surface area contributed by atoms with Crippen LogP contribution >= 0.6 is 0 Å². The van der Waals surface area contributed by atoms with Gasteiger partial charge < -0.3 is 28.4 Å². The lowest BCUT2D eigenvalue weighted by Gasteiger charge is -2.44. The highest BCUT2D eigenvalue weighted by atomic mass is 32.2. The molecule has 7 aromatic rings. The third-order valence-corrected chi connectivity index (χ3v) is 14.3. The second kappa shape index (κ2) is 27.7. The van der Waals surface area contributed by atoms with Gasteiger partial charge in [0.1, 0.15) is 83.4 Å². The van der Waals surface area contributed by atoms with E-state index in [9.17, 15) is 52.7 Å². The molecule has 0 amide bonds. The second-order valence-corrected chi connectivity index (χ2v) is 18.5. The summed E-state index contributed by atoms with van der Waals surface area (Å²) in [6.07, 6.45) is -7.22. The Morgan fingerprint density at radius 3 is 0.646 bits per heavy atom. The quantitative estimate of drug-likeness (QED) is 0.0168. The first-order chi connectivity index (χ1) is 39.0. The maximum Gasteiger partial charge on any atom is 0.208 e. The Hall–Kier alpha value is -7.17. The molecule has 82 heavy (non-hydrogen) atoms. The monoisotopic (exact) mass is 1210 g/mol. The molecule has 0 aliphatic rings. The zero-order chi connectivity index (χ0) is 60.5. The average Bonchev–Trinajstić information content (AvgIpc) is 1.02. The van der Waals surface area contributed by atoms with Crippen LogP contribution in [0, 0.1) is 116 Å². The summed E-state index contributed by atoms with van der Waals surface area (Å²) in [5.74, 6) is -69.0. The van der Waals surface area contributed by atoms with Crippen LogP contribution in [0.5, 0.6) is 17.2 Å². The van der Waals surface area contributed by atoms with Crippen molar-refractivity contribution >= 4 is 38.9 Å². The van der Waals surface area contributed by atoms with Crippen LogP contribution in [0.15, 0.2) is 87.5 Å². The number of para-hydroxylation sites is 3. The lowest BCUT2D eigenvalue weighted by Crippen LogP contribution is -2.81. The molecule has 7 rings (SSSR count). The Balaban J connectivity index is 0.000000269. The molecule has 0 heterocycles. The molecule has 0 fully saturated rings. The van der Waals surface area contributed by atoms with E-state index >= 15 is 35.1 Å². The van der Waals surface area contributed by atoms with Gasteiger partial charge in [-0.05, 0) is 57.2 Å². The smallest absolute Gasteiger partial charge is 0.208 e. The van der Waals surface area contributed by atoms with E-state index in [1.54, 1.807) is 0 Å². The first-order valence-corrected chi connectivity index (χ1v) is 25.1. The first kappa shape index (κ1) is 64.0. The molecular weight excluding hydrogens is 1170 g/mol. The standard InChI is InChI=1S/C30H39O6S.C24BF20/c1-4-31-19-22-34-25-13-7-10-16-28(25)37(29-17-11-8-14-26(29)35-23-20-32-5-2)30-18-12-9-15-27(30)36-24-21-33-6-3;26-5-1(6(27)14(35)21(42)13(5)34)25(2-7(28)15(36)22(43)16(37)8(2)29,3-9(30)17(38)23(44)18(39)10(3)31)4-11(32)19(40)24(45)20(41)12(4)33/h7-18H,4-6,19-24H2,1-3H3;/q+1;-1. The molecule has 0 saturated heterocycles. The van der Waals surface area contributed by atoms with Crippen molar-refractivity contribution in [1.82, 2.24) is 0 Å². The first-order valence-electron chi connectivity index (χ1n) is 23.9. The van der Waals surface area contributed by atoms with Crippen LogP contribution in [0.2, 0.25) is 0 Å². The molecule has 0 spiro atoms. The maximum atomic E-state index is 15.4. The summed E-state index contributed by atoms with van der Waals surface area (Å²) in [5.41, 5.74) is -14.3. The Morgan fingerprint density at radius 1 is 0.268 bits per heavy atom. The minimum Gasteiger partial charge on any atom is -0.486 e. The van der Waals surface area contributed by atoms with Gasteiger partial charge in [0.15, 0.2) is 87.1 Å². The molecule has 0 atom stereocenters. The Morgan fingerprint density at radius 2 is 0.451 bits per heavy atom. The zero-order valence-electron chi connectivity index (χ0n) is 42.3. The lowest BCUT2D eigenvalue weighted by molar-refractivity contribution is 0.108. The second-order valence-electron chi connectivity index (χ2n) is 16.6. The molecule has 7 aromatic carbocycles. The van der Waals surface area contributed by atoms with E-state index in [1.807, 2.05) is 75.4 Å². The van der Waals surface area contributed by atoms with Gasteiger partial charge in [-0.25, -0.2) is 87.8 Å². The number of ether oxygens (including phenoxy) is 6. The van der Waals surface area contributed by atoms with Gasteiger partial charge >= 0.3 is 0 Å². The number of hydrogen-bond acceptors (Lipinski definition) is 6. The molecule has 0 saturated carbocycles. The highest BCUT2D eigenvalue weighted by Gasteiger charge is 2.52. The summed E-state index contributed by atoms with van der Waals surface area (Å²) in [5, 5.41) is 0. The molecule has 0 bridgehead atoms. The molecule has 0 aromatic heterocycles. The molecule has 0 aliphatic heterocycles. The third-order valence-electron chi connectivity index (χ3n) is 12.0. The predicted molar refractivity (Wildman–Crippen MR) is 257 cm³/mol. The van der Waals surface area contributed by atoms with Crippen LogP contribution < -0.4 is 36.1 Å². The van der Waals surface area contributed by atoms with Crippen molar-refractivity contribution in [3.63, 3.8) is 0 Å². The number of halogens is 20. The van der Waals surface area contributed by atoms with Crippen molar-refractivity contribution in [2.24, 2.45) is 0 Å². The third kappa shape index (κ3) is 12.2. The summed E-state index contributed by atoms with van der Waals surface area (Å²) < 4.78 is 329. The van der Waals surface area contributed by atoms with E-state index in [1.165, 1.54) is 0 Å². The Kier molecular flexibility index (Phi) is 21.7. The molecule has 0 aliphatic carbocycles. The van der Waals surface area contributed by atoms with Gasteiger partial charge in [0.2, 0.25) is 14.7 Å². The lowest BCUT2D eigenvalue weighted by atomic mass is 9.12. The molecule has 0 radical (unpaired) electrons. The molecule has 0 N–H and O–H groups in total. The summed E-state index contributed by atoms with van der Waals surface area (Å²) in [4.78, 5) is 3.17. The van der Waals surface area contributed by atoms with E-state index in [0.29, 0.717) is 59.5 Å². The minimum absolute atomic E-state index is 0.473. The summed E-state index contributed by atoms with van der Waals surface area (Å²) >= 11 is 0. The van der Waals surface area contributed by atoms with E-state index in [4.69, 9.17) is 28.4 Å². The zero-order valence-corrected chi connectivity index (χ0v) is 43.1. The van der Waals surface area contributed by atoms with Crippen LogP contribution in [-0.4, -0.2) is 65.6 Å². The molecule has 6 nitrogen and oxygen atoms in total. The highest BCUT2D eigenvalue weighted by molar-refractivity contribution is 7.97. The van der Waals surface area contributed by atoms with Crippen LogP contribution in [0.1, 0.15) is 20.8 Å². The number of hydrogen-bond donors (Lipinski definition) is 0. The fraction of sp³-hybridized carbons (Fsp3) is 0.222. The molecule has 440 valence electrons. The number of rotatable bonds is 22. The minimum atomic E-state index is -7.22. The topological polar surface area (TPSA) is 55.4 Å². The Bertz CT molecular complexity index is 2940. The van der Waals surface area contributed by atoms with Crippen molar-refractivity contribution in [1.29, 1.82) is 0 Å². The molecular formula is C54H39BF20O6S. The van der Waals surface area contributed by atoms with Crippen molar-refractivity contribution in [2.75, 3.05) is 59.5 Å². The summed E-state index contributed by atoms with van der Waals surface area (Å²) in [7, 11) is -0.568. The SMILES string of the molecule is CCOCCOc1ccccc1[S+](c1ccccc1OCCOCC)c1ccccc1OCCOCC.Fc1c(F)c(F)c([B-](c2c(F)c(F)c(F)c(F)c2F)(c2c(F)c(F)c(F)c(F)c2F)c2c(F)c(F)c(F)c(F)c2F)c(F)c1F. The van der Waals surface area contributed by atoms with Gasteiger partial charge in [-0.3, -0.25) is 0 Å². The van der Waals surface area contributed by atoms with Gasteiger partial charge in [0.25, 0.3) is 0 Å². The van der Waals surface area contributed by atoms with Gasteiger partial charge in [-0.2, -0.15) is 0 Å². The van der Waals surface area contributed by atoms with Crippen LogP contribution in [0.25, 0.3) is 0 Å². The fourth-order valence-corrected chi connectivity index (χ4v) is 10.8. The average molecular weight is 1210 g/mol. The van der Waals surface area contributed by atoms with E-state index in [-0.39, 0.29) is 0 Å². The van der Waals surface area contributed by atoms with E-state index in [0.717, 1.165) is 31.9 Å². The van der Waals surface area contributed by atoms with Gasteiger partial charge in [-0.1, -0.05) is 36.4 Å². The normalized spacial score (nSPS) is 11.6. The molecule has 0 unspecified atom stereocenters. The predicted octanol–water partition coefficient (Wildman–Crippen LogP) is 11.9. The van der Waals surface area contributed by atoms with Gasteiger partial charge in [0, 0.05) is 19.8 Å².